The molecule has 0 fully saturated rings. The Hall–Kier alpha value is -2.84. The fourth-order valence-corrected chi connectivity index (χ4v) is 1.23. The van der Waals surface area contributed by atoms with Crippen molar-refractivity contribution in [3.05, 3.63) is 35.4 Å². The van der Waals surface area contributed by atoms with E-state index in [4.69, 9.17) is 9.90 Å². The van der Waals surface area contributed by atoms with Gasteiger partial charge in [0.05, 0.1) is 0 Å². The van der Waals surface area contributed by atoms with Crippen molar-refractivity contribution in [1.29, 1.82) is 0 Å². The fourth-order valence-electron chi connectivity index (χ4n) is 1.23. The number of hydrogen-bond donors (Lipinski definition) is 2. The maximum atomic E-state index is 10.0. The molecular formula is C12H16FmNO3-. The van der Waals surface area contributed by atoms with Gasteiger partial charge in [-0.1, -0.05) is 29.8 Å². The second-order valence-corrected chi connectivity index (χ2v) is 3.44. The van der Waals surface area contributed by atoms with Crippen LogP contribution in [0.1, 0.15) is 18.1 Å². The van der Waals surface area contributed by atoms with Crippen LogP contribution in [0.4, 0.5) is 0 Å². The van der Waals surface area contributed by atoms with Gasteiger partial charge in [0.1, 0.15) is 0 Å². The van der Waals surface area contributed by atoms with Crippen molar-refractivity contribution in [3.63, 3.8) is 0 Å². The minimum atomic E-state index is -0.250. The molecule has 0 saturated carbocycles. The van der Waals surface area contributed by atoms with Gasteiger partial charge < -0.3 is 15.2 Å². The molecule has 0 aliphatic carbocycles. The largest absolute Gasteiger partial charge is 0.527 e. The van der Waals surface area contributed by atoms with Crippen molar-refractivity contribution < 1.29 is 14.7 Å². The van der Waals surface area contributed by atoms with Crippen LogP contribution in [0, 0.1) is 6.92 Å². The minimum absolute atomic E-state index is 0. The zero-order valence-electron chi connectivity index (χ0n) is 9.72. The summed E-state index contributed by atoms with van der Waals surface area (Å²) in [5.41, 5.74) is 2.49. The molecular weight excluding hydrogens is 463 g/mol. The molecule has 2 N–H and O–H groups in total. The van der Waals surface area contributed by atoms with Crippen LogP contribution in [-0.4, -0.2) is 24.0 Å². The topological polar surface area (TPSA) is 66.4 Å². The molecule has 0 radical (unpaired) electrons. The summed E-state index contributed by atoms with van der Waals surface area (Å²) >= 11 is 0. The number of carbonyl (C=O) groups is 1. The van der Waals surface area contributed by atoms with E-state index >= 15 is 0 Å². The molecule has 0 unspecified atom stereocenters. The zero-order valence-corrected chi connectivity index (χ0v) is 12.1. The Kier molecular flexibility index (Phi) is 9.47. The molecule has 0 saturated heterocycles. The maximum absolute atomic E-state index is 10.0. The first-order chi connectivity index (χ1) is 7.63. The Balaban J connectivity index is 0. The molecule has 1 atom stereocenters. The van der Waals surface area contributed by atoms with E-state index in [1.165, 1.54) is 11.1 Å². The van der Waals surface area contributed by atoms with Crippen LogP contribution in [0.2, 0.25) is 0 Å². The number of benzene rings is 1. The van der Waals surface area contributed by atoms with Crippen molar-refractivity contribution in [2.75, 3.05) is 0 Å². The summed E-state index contributed by atoms with van der Waals surface area (Å²) in [6.45, 7) is 3.77. The van der Waals surface area contributed by atoms with Crippen molar-refractivity contribution >= 4 is 12.9 Å². The Bertz CT molecular complexity index is 314. The number of carbonyl (C=O) groups excluding carboxylic acids is 1. The van der Waals surface area contributed by atoms with Gasteiger partial charge in [0, 0.05) is 0 Å². The van der Waals surface area contributed by atoms with Crippen LogP contribution >= 0.6 is 0 Å². The van der Waals surface area contributed by atoms with Crippen LogP contribution in [-0.2, 0) is 16.0 Å². The van der Waals surface area contributed by atoms with E-state index in [0.29, 0.717) is 0 Å². The average molecular weight is 479 g/mol. The van der Waals surface area contributed by atoms with Crippen LogP contribution < -0.4 is 5.32 Å². The summed E-state index contributed by atoms with van der Waals surface area (Å²) < 4.78 is 0. The van der Waals surface area contributed by atoms with E-state index in [9.17, 15) is 4.79 Å². The minimum Gasteiger partial charge on any atom is -0.527 e. The first kappa shape index (κ1) is 16.6. The van der Waals surface area contributed by atoms with E-state index in [0.717, 1.165) is 6.42 Å². The van der Waals surface area contributed by atoms with E-state index < -0.39 is 0 Å². The maximum Gasteiger partial charge on any atom is 0.290 e. The van der Waals surface area contributed by atoms with Gasteiger partial charge in [0.2, 0.25) is 0 Å². The third-order valence-electron chi connectivity index (χ3n) is 1.97. The van der Waals surface area contributed by atoms with Gasteiger partial charge in [-0.25, -0.2) is 0 Å². The van der Waals surface area contributed by atoms with Gasteiger partial charge in [-0.15, -0.1) is 0 Å². The third-order valence-corrected chi connectivity index (χ3v) is 1.97. The van der Waals surface area contributed by atoms with Gasteiger partial charge in [-0.05, 0) is 31.9 Å². The van der Waals surface area contributed by atoms with Crippen LogP contribution in [0.25, 0.3) is 0 Å². The molecule has 5 heteroatoms. The summed E-state index contributed by atoms with van der Waals surface area (Å²) in [5.74, 6) is 0. The normalized spacial score (nSPS) is 10.0. The van der Waals surface area contributed by atoms with E-state index in [1.807, 2.05) is 6.92 Å². The number of rotatable bonds is 4. The van der Waals surface area contributed by atoms with Gasteiger partial charge in [-0.2, -0.15) is 6.41 Å². The Morgan fingerprint density at radius 2 is 1.88 bits per heavy atom. The Labute approximate surface area is 95.3 Å². The molecule has 100 valence electrons. The number of amides is 1. The van der Waals surface area contributed by atoms with Crippen LogP contribution in [0.5, 0.6) is 0 Å². The number of hydrogen-bond acceptors (Lipinski definition) is 2. The molecule has 1 aromatic rings. The Morgan fingerprint density at radius 3 is 2.29 bits per heavy atom. The molecule has 0 aliphatic heterocycles. The molecule has 0 aromatic heterocycles. The number of aryl methyl sites for hydroxylation is 1. The number of carboxylic acid groups (broad SMARTS) is 1. The Morgan fingerprint density at radius 1 is 1.41 bits per heavy atom. The van der Waals surface area contributed by atoms with E-state index in [2.05, 4.69) is 36.5 Å². The quantitative estimate of drug-likeness (QED) is 0.389. The standard InChI is InChI=1S/C11H14NO.CH2O2.Fm/c1-9-3-5-11(6-4-9)7-10(2)12-8-13;2-1-3;/h3-6,10H,7H2,1-2H3,(H,12,13);1H,(H,2,3);/q-1;;/t10-;;/m1../s1. The second-order valence-electron chi connectivity index (χ2n) is 3.44. The van der Waals surface area contributed by atoms with Crippen molar-refractivity contribution in [2.45, 2.75) is 26.3 Å². The molecule has 1 aromatic carbocycles. The van der Waals surface area contributed by atoms with Gasteiger partial charge in [0.15, 0.2) is 0 Å². The van der Waals surface area contributed by atoms with Gasteiger partial charge in [0.25, 0.3) is 6.47 Å². The summed E-state index contributed by atoms with van der Waals surface area (Å²) in [6, 6.07) is 8.47. The molecule has 17 heavy (non-hydrogen) atoms. The smallest absolute Gasteiger partial charge is 0.290 e. The van der Waals surface area contributed by atoms with Gasteiger partial charge >= 0.3 is 0 Å². The van der Waals surface area contributed by atoms with Crippen LogP contribution in [0.15, 0.2) is 24.3 Å². The molecule has 1 rings (SSSR count). The zero-order chi connectivity index (χ0) is 12.4. The molecule has 0 bridgehead atoms. The monoisotopic (exact) mass is 479 g/mol. The van der Waals surface area contributed by atoms with E-state index in [1.54, 1.807) is 6.41 Å². The summed E-state index contributed by atoms with van der Waals surface area (Å²) in [4.78, 5) is 18.4. The summed E-state index contributed by atoms with van der Waals surface area (Å²) in [5, 5.41) is 9.49. The molecule has 0 heterocycles. The van der Waals surface area contributed by atoms with Crippen molar-refractivity contribution in [1.82, 2.24) is 5.32 Å². The van der Waals surface area contributed by atoms with Crippen LogP contribution in [0.3, 0.4) is 0 Å². The predicted octanol–water partition coefficient (Wildman–Crippen LogP) is 1.28. The first-order valence-electron chi connectivity index (χ1n) is 4.90. The number of nitrogens with one attached hydrogen (secondary N) is 1. The average Bonchev–Trinajstić information content (AvgIpc) is 2.23. The SMILES string of the molecule is Cc1ccc(C[C@@H](C)N[C-]=O)cc1.O=CO.[Fm]. The summed E-state index contributed by atoms with van der Waals surface area (Å²) in [6.07, 6.45) is 2.56. The predicted molar refractivity (Wildman–Crippen MR) is 61.9 cm³/mol. The molecule has 4 nitrogen and oxygen atoms in total. The molecule has 0 spiro atoms. The van der Waals surface area contributed by atoms with E-state index in [-0.39, 0.29) is 12.5 Å². The van der Waals surface area contributed by atoms with Gasteiger partial charge in [-0.3, -0.25) is 4.79 Å². The third kappa shape index (κ3) is 8.17. The van der Waals surface area contributed by atoms with Crippen molar-refractivity contribution in [3.8, 4) is 0 Å². The molecule has 0 aliphatic rings. The first-order valence-corrected chi connectivity index (χ1v) is 4.90. The van der Waals surface area contributed by atoms with Crippen molar-refractivity contribution in [2.24, 2.45) is 0 Å². The fraction of sp³-hybridized carbons (Fsp3) is 0.333. The summed E-state index contributed by atoms with van der Waals surface area (Å²) in [7, 11) is 0. The molecule has 1 amide bonds. The second kappa shape index (κ2) is 9.71.